The molecule has 2 fully saturated rings. The average Bonchev–Trinajstić information content (AvgIpc) is 3.07. The first-order chi connectivity index (χ1) is 14.0. The molecule has 3 rings (SSSR count). The highest BCUT2D eigenvalue weighted by Crippen LogP contribution is 2.36. The number of alkyl halides is 3. The Bertz CT molecular complexity index is 841. The molecule has 2 aliphatic rings. The smallest absolute Gasteiger partial charge is 0.427 e. The second-order valence-electron chi connectivity index (χ2n) is 7.41. The number of benzene rings is 1. The van der Waals surface area contributed by atoms with E-state index >= 15 is 0 Å². The molecule has 0 bridgehead atoms. The quantitative estimate of drug-likeness (QED) is 0.704. The number of hydrogen-bond donors (Lipinski definition) is 2. The molecule has 1 spiro atoms. The van der Waals surface area contributed by atoms with Crippen molar-refractivity contribution in [3.8, 4) is 0 Å². The number of rotatable bonds is 5. The van der Waals surface area contributed by atoms with Crippen LogP contribution in [0, 0.1) is 0 Å². The number of nitrogens with zero attached hydrogens (tertiary/aromatic N) is 1. The van der Waals surface area contributed by atoms with Crippen LogP contribution < -0.4 is 4.72 Å². The maximum absolute atomic E-state index is 12.7. The second-order valence-corrected chi connectivity index (χ2v) is 9.13. The number of nitrogens with one attached hydrogen (secondary N) is 1. The first-order valence-electron chi connectivity index (χ1n) is 9.39. The van der Waals surface area contributed by atoms with Crippen LogP contribution in [-0.4, -0.2) is 74.7 Å². The van der Waals surface area contributed by atoms with Gasteiger partial charge in [0.05, 0.1) is 23.7 Å². The number of carbonyl (C=O) groups excluding carboxylic acids is 1. The molecule has 0 aliphatic carbocycles. The molecule has 0 saturated carbocycles. The monoisotopic (exact) mass is 452 g/mol. The topological polar surface area (TPSA) is 105 Å². The maximum atomic E-state index is 12.7. The number of ether oxygens (including phenoxy) is 2. The third kappa shape index (κ3) is 5.23. The molecule has 1 aromatic carbocycles. The van der Waals surface area contributed by atoms with Crippen LogP contribution in [0.1, 0.15) is 19.3 Å². The van der Waals surface area contributed by atoms with Crippen LogP contribution in [0.25, 0.3) is 0 Å². The van der Waals surface area contributed by atoms with E-state index in [1.54, 1.807) is 18.2 Å². The van der Waals surface area contributed by atoms with Crippen molar-refractivity contribution in [3.63, 3.8) is 0 Å². The largest absolute Gasteiger partial charge is 0.434 e. The van der Waals surface area contributed by atoms with Gasteiger partial charge in [-0.1, -0.05) is 18.2 Å². The van der Waals surface area contributed by atoms with Gasteiger partial charge in [0.25, 0.3) is 0 Å². The van der Waals surface area contributed by atoms with Gasteiger partial charge < -0.3 is 19.5 Å². The lowest BCUT2D eigenvalue weighted by atomic mass is 9.88. The van der Waals surface area contributed by atoms with E-state index in [-0.39, 0.29) is 24.6 Å². The van der Waals surface area contributed by atoms with Gasteiger partial charge in [-0.15, -0.1) is 0 Å². The number of aliphatic hydroxyl groups excluding tert-OH is 1. The second kappa shape index (κ2) is 8.69. The number of carbonyl (C=O) groups is 1. The minimum absolute atomic E-state index is 0.104. The maximum Gasteiger partial charge on any atom is 0.427 e. The summed E-state index contributed by atoms with van der Waals surface area (Å²) >= 11 is 0. The lowest BCUT2D eigenvalue weighted by Crippen LogP contribution is -2.49. The molecule has 168 valence electrons. The summed E-state index contributed by atoms with van der Waals surface area (Å²) in [5.41, 5.74) is -0.652. The first-order valence-corrected chi connectivity index (χ1v) is 10.9. The number of sulfonamides is 1. The van der Waals surface area contributed by atoms with E-state index in [1.165, 1.54) is 12.1 Å². The highest BCUT2D eigenvalue weighted by molar-refractivity contribution is 7.89. The van der Waals surface area contributed by atoms with Gasteiger partial charge in [0.2, 0.25) is 16.1 Å². The summed E-state index contributed by atoms with van der Waals surface area (Å²) in [6.07, 6.45) is -7.51. The Morgan fingerprint density at radius 1 is 1.30 bits per heavy atom. The van der Waals surface area contributed by atoms with E-state index in [9.17, 15) is 26.4 Å². The summed E-state index contributed by atoms with van der Waals surface area (Å²) in [5.74, 6) is 0. The fourth-order valence-corrected chi connectivity index (χ4v) is 4.90. The first kappa shape index (κ1) is 22.8. The molecule has 0 unspecified atom stereocenters. The van der Waals surface area contributed by atoms with Crippen molar-refractivity contribution < 1.29 is 41.0 Å². The average molecular weight is 452 g/mol. The number of likely N-dealkylation sites (tertiary alicyclic amines) is 1. The molecule has 0 aromatic heterocycles. The van der Waals surface area contributed by atoms with Crippen molar-refractivity contribution in [1.29, 1.82) is 0 Å². The van der Waals surface area contributed by atoms with Crippen molar-refractivity contribution in [1.82, 2.24) is 9.62 Å². The Hall–Kier alpha value is -1.89. The van der Waals surface area contributed by atoms with E-state index in [4.69, 9.17) is 9.84 Å². The lowest BCUT2D eigenvalue weighted by molar-refractivity contribution is -0.215. The van der Waals surface area contributed by atoms with E-state index in [0.29, 0.717) is 19.3 Å². The number of hydrogen-bond acceptors (Lipinski definition) is 6. The molecule has 1 aromatic rings. The third-order valence-corrected chi connectivity index (χ3v) is 6.83. The lowest BCUT2D eigenvalue weighted by Gasteiger charge is -2.38. The van der Waals surface area contributed by atoms with E-state index in [1.807, 2.05) is 0 Å². The van der Waals surface area contributed by atoms with Gasteiger partial charge >= 0.3 is 12.3 Å². The summed E-state index contributed by atoms with van der Waals surface area (Å²) < 4.78 is 75.7. The fourth-order valence-electron chi connectivity index (χ4n) is 3.66. The van der Waals surface area contributed by atoms with E-state index in [2.05, 4.69) is 9.46 Å². The Labute approximate surface area is 172 Å². The van der Waals surface area contributed by atoms with Gasteiger partial charge in [-0.05, 0) is 31.4 Å². The predicted molar refractivity (Wildman–Crippen MR) is 98.1 cm³/mol. The zero-order valence-corrected chi connectivity index (χ0v) is 16.8. The van der Waals surface area contributed by atoms with Crippen LogP contribution >= 0.6 is 0 Å². The predicted octanol–water partition coefficient (Wildman–Crippen LogP) is 1.65. The number of halogens is 3. The number of aliphatic hydroxyl groups is 1. The van der Waals surface area contributed by atoms with Crippen molar-refractivity contribution in [2.24, 2.45) is 0 Å². The molecule has 2 heterocycles. The Kier molecular flexibility index (Phi) is 6.60. The van der Waals surface area contributed by atoms with E-state index < -0.39 is 46.6 Å². The summed E-state index contributed by atoms with van der Waals surface area (Å²) in [6.45, 7) is -0.976. The zero-order chi connectivity index (χ0) is 22.0. The van der Waals surface area contributed by atoms with Crippen LogP contribution in [0.15, 0.2) is 35.2 Å². The van der Waals surface area contributed by atoms with Crippen molar-refractivity contribution >= 4 is 16.1 Å². The molecule has 12 heteroatoms. The van der Waals surface area contributed by atoms with Crippen LogP contribution in [0.4, 0.5) is 18.0 Å². The van der Waals surface area contributed by atoms with Crippen LogP contribution in [-0.2, 0) is 19.5 Å². The normalized spacial score (nSPS) is 22.8. The Morgan fingerprint density at radius 3 is 2.50 bits per heavy atom. The molecule has 2 N–H and O–H groups in total. The molecular formula is C18H23F3N2O6S. The highest BCUT2D eigenvalue weighted by Gasteiger charge is 2.46. The van der Waals surface area contributed by atoms with Crippen molar-refractivity contribution in [3.05, 3.63) is 30.3 Å². The zero-order valence-electron chi connectivity index (χ0n) is 16.0. The van der Waals surface area contributed by atoms with Crippen molar-refractivity contribution in [2.45, 2.75) is 48.1 Å². The van der Waals surface area contributed by atoms with Crippen molar-refractivity contribution in [2.75, 3.05) is 26.3 Å². The van der Waals surface area contributed by atoms with Crippen LogP contribution in [0.2, 0.25) is 0 Å². The Balaban J connectivity index is 1.53. The summed E-state index contributed by atoms with van der Waals surface area (Å²) in [7, 11) is -3.70. The minimum atomic E-state index is -4.85. The summed E-state index contributed by atoms with van der Waals surface area (Å²) in [4.78, 5) is 13.3. The fraction of sp³-hybridized carbons (Fsp3) is 0.611. The number of piperidine rings is 1. The Morgan fingerprint density at radius 2 is 1.93 bits per heavy atom. The highest BCUT2D eigenvalue weighted by atomic mass is 32.2. The van der Waals surface area contributed by atoms with Gasteiger partial charge in [-0.2, -0.15) is 13.2 Å². The SMILES string of the molecule is O=C(O[C@H](CO)C(F)(F)F)N1CCC2(CC1)C[C@@H](NS(=O)(=O)c1ccccc1)CO2. The molecule has 8 nitrogen and oxygen atoms in total. The van der Waals surface area contributed by atoms with Gasteiger partial charge in [-0.3, -0.25) is 0 Å². The summed E-state index contributed by atoms with van der Waals surface area (Å²) in [6, 6.07) is 7.48. The molecule has 2 aliphatic heterocycles. The minimum Gasteiger partial charge on any atom is -0.434 e. The standard InChI is InChI=1S/C18H23F3N2O6S/c19-18(20,21)15(11-24)29-16(25)23-8-6-17(7-9-23)10-13(12-28-17)22-30(26,27)14-4-2-1-3-5-14/h1-5,13,15,22,24H,6-12H2/t13-,15-/m1/s1. The molecular weight excluding hydrogens is 429 g/mol. The van der Waals surface area contributed by atoms with Crippen LogP contribution in [0.3, 0.4) is 0 Å². The van der Waals surface area contributed by atoms with Gasteiger partial charge in [0, 0.05) is 19.1 Å². The molecule has 2 atom stereocenters. The van der Waals surface area contributed by atoms with E-state index in [0.717, 1.165) is 4.90 Å². The third-order valence-electron chi connectivity index (χ3n) is 5.29. The molecule has 30 heavy (non-hydrogen) atoms. The summed E-state index contributed by atoms with van der Waals surface area (Å²) in [5, 5.41) is 8.79. The van der Waals surface area contributed by atoms with Gasteiger partial charge in [-0.25, -0.2) is 17.9 Å². The number of amides is 1. The molecule has 1 amide bonds. The molecule has 2 saturated heterocycles. The van der Waals surface area contributed by atoms with Gasteiger partial charge in [0.1, 0.15) is 0 Å². The van der Waals surface area contributed by atoms with Gasteiger partial charge in [0.15, 0.2) is 0 Å². The van der Waals surface area contributed by atoms with Crippen LogP contribution in [0.5, 0.6) is 0 Å². The molecule has 0 radical (unpaired) electrons.